The highest BCUT2D eigenvalue weighted by molar-refractivity contribution is 5.32. The summed E-state index contributed by atoms with van der Waals surface area (Å²) < 4.78 is 2.06. The lowest BCUT2D eigenvalue weighted by Gasteiger charge is -2.21. The van der Waals surface area contributed by atoms with Gasteiger partial charge in [0.15, 0.2) is 0 Å². The Morgan fingerprint density at radius 3 is 1.16 bits per heavy atom. The lowest BCUT2D eigenvalue weighted by Crippen LogP contribution is -2.24. The molecular formula is C38H64N6. The highest BCUT2D eigenvalue weighted by Gasteiger charge is 2.21. The average molecular weight is 605 g/mol. The number of hydrogen-bond donors (Lipinski definition) is 2. The molecule has 6 nitrogen and oxygen atoms in total. The molecule has 246 valence electrons. The predicted octanol–water partition coefficient (Wildman–Crippen LogP) is 10.2. The van der Waals surface area contributed by atoms with E-state index in [1.807, 2.05) is 20.8 Å². The van der Waals surface area contributed by atoms with E-state index in [9.17, 15) is 0 Å². The molecule has 0 unspecified atom stereocenters. The Kier molecular flexibility index (Phi) is 13.0. The van der Waals surface area contributed by atoms with Crippen LogP contribution in [-0.2, 0) is 21.8 Å². The molecule has 0 aliphatic rings. The van der Waals surface area contributed by atoms with Gasteiger partial charge in [-0.15, -0.1) is 0 Å². The van der Waals surface area contributed by atoms with E-state index in [1.54, 1.807) is 0 Å². The molecule has 0 aliphatic carbocycles. The third-order valence-electron chi connectivity index (χ3n) is 7.35. The topological polar surface area (TPSA) is 75.2 Å². The zero-order valence-corrected chi connectivity index (χ0v) is 31.7. The highest BCUT2D eigenvalue weighted by atomic mass is 15.3. The summed E-state index contributed by atoms with van der Waals surface area (Å²) in [5.41, 5.74) is 13.3. The first kappa shape index (κ1) is 38.9. The zero-order valence-electron chi connectivity index (χ0n) is 31.7. The fraction of sp³-hybridized carbons (Fsp3) is 0.605. The number of hydrogen-bond acceptors (Lipinski definition) is 3. The summed E-state index contributed by atoms with van der Waals surface area (Å²) in [6.45, 7) is 41.0. The van der Waals surface area contributed by atoms with Crippen LogP contribution in [0.1, 0.15) is 140 Å². The van der Waals surface area contributed by atoms with Crippen LogP contribution >= 0.6 is 0 Å². The number of aromatic amines is 2. The predicted molar refractivity (Wildman–Crippen MR) is 190 cm³/mol. The van der Waals surface area contributed by atoms with Crippen LogP contribution in [0.5, 0.6) is 0 Å². The lowest BCUT2D eigenvalue weighted by atomic mass is 9.84. The van der Waals surface area contributed by atoms with E-state index in [0.29, 0.717) is 0 Å². The molecule has 0 radical (unpaired) electrons. The molecule has 3 aromatic heterocycles. The van der Waals surface area contributed by atoms with Crippen LogP contribution < -0.4 is 0 Å². The van der Waals surface area contributed by atoms with E-state index in [4.69, 9.17) is 0 Å². The molecular weight excluding hydrogens is 540 g/mol. The van der Waals surface area contributed by atoms with Crippen molar-refractivity contribution in [1.82, 2.24) is 30.2 Å². The molecule has 0 bridgehead atoms. The maximum atomic E-state index is 4.40. The minimum Gasteiger partial charge on any atom is -0.282 e. The van der Waals surface area contributed by atoms with Gasteiger partial charge in [-0.25, -0.2) is 0 Å². The van der Waals surface area contributed by atoms with Crippen molar-refractivity contribution < 1.29 is 0 Å². The third-order valence-corrected chi connectivity index (χ3v) is 7.35. The number of rotatable bonds is 0. The summed E-state index contributed by atoms with van der Waals surface area (Å²) in [7, 11) is 0. The van der Waals surface area contributed by atoms with E-state index in [2.05, 4.69) is 171 Å². The summed E-state index contributed by atoms with van der Waals surface area (Å²) in [5.74, 6) is 0. The Morgan fingerprint density at radius 1 is 0.568 bits per heavy atom. The molecule has 0 spiro atoms. The van der Waals surface area contributed by atoms with Gasteiger partial charge in [-0.1, -0.05) is 86.6 Å². The molecule has 0 fully saturated rings. The Labute approximate surface area is 269 Å². The van der Waals surface area contributed by atoms with Gasteiger partial charge in [0.2, 0.25) is 0 Å². The van der Waals surface area contributed by atoms with Crippen LogP contribution in [0, 0.1) is 48.5 Å². The molecule has 1 aromatic carbocycles. The van der Waals surface area contributed by atoms with Crippen molar-refractivity contribution in [3.8, 4) is 0 Å². The van der Waals surface area contributed by atoms with Crippen molar-refractivity contribution in [2.75, 3.05) is 0 Å². The van der Waals surface area contributed by atoms with Gasteiger partial charge in [0.25, 0.3) is 0 Å². The second-order valence-corrected chi connectivity index (χ2v) is 16.2. The van der Waals surface area contributed by atoms with Gasteiger partial charge in [-0.05, 0) is 103 Å². The SMILES string of the molecule is Cc1cc(C)n(C(C)(C)C)n1.Cc1ccccc1C(C)(C)C.Cc1n[nH]c(C)c1C(C)(C)C.Cc1n[nH]c(C)c1C(C)(C)C. The van der Waals surface area contributed by atoms with Crippen molar-refractivity contribution in [1.29, 1.82) is 0 Å². The Balaban J connectivity index is 0.000000293. The quantitative estimate of drug-likeness (QED) is 0.210. The monoisotopic (exact) mass is 605 g/mol. The second-order valence-electron chi connectivity index (χ2n) is 16.2. The van der Waals surface area contributed by atoms with Crippen molar-refractivity contribution in [2.24, 2.45) is 0 Å². The summed E-state index contributed by atoms with van der Waals surface area (Å²) >= 11 is 0. The van der Waals surface area contributed by atoms with Crippen LogP contribution in [-0.4, -0.2) is 30.2 Å². The van der Waals surface area contributed by atoms with E-state index in [-0.39, 0.29) is 21.8 Å². The minimum atomic E-state index is 0.109. The van der Waals surface area contributed by atoms with E-state index in [0.717, 1.165) is 17.1 Å². The van der Waals surface area contributed by atoms with Crippen LogP contribution in [0.2, 0.25) is 0 Å². The van der Waals surface area contributed by atoms with Crippen molar-refractivity contribution in [2.45, 2.75) is 153 Å². The van der Waals surface area contributed by atoms with Crippen LogP contribution in [0.3, 0.4) is 0 Å². The fourth-order valence-electron chi connectivity index (χ4n) is 6.03. The van der Waals surface area contributed by atoms with Gasteiger partial charge in [0, 0.05) is 28.2 Å². The number of H-pyrrole nitrogens is 2. The van der Waals surface area contributed by atoms with Crippen molar-refractivity contribution in [3.05, 3.63) is 86.7 Å². The standard InChI is InChI=1S/C11H16.3C9H16N2/c1-9-7-5-6-8-10(9)11(2,3)4;1-7-6-8(2)11(10-7)9(3,4)5;2*1-6-8(9(3,4)5)7(2)11-10-6/h5-8H,1-4H3;6H,1-5H3;2*1-5H3,(H,10,11). The van der Waals surface area contributed by atoms with Crippen LogP contribution in [0.15, 0.2) is 30.3 Å². The Morgan fingerprint density at radius 2 is 0.977 bits per heavy atom. The molecule has 0 aliphatic heterocycles. The molecule has 0 amide bonds. The summed E-state index contributed by atoms with van der Waals surface area (Å²) in [5, 5.41) is 18.7. The Hall–Kier alpha value is -3.15. The largest absolute Gasteiger partial charge is 0.282 e. The summed E-state index contributed by atoms with van der Waals surface area (Å²) in [6, 6.07) is 10.7. The number of aromatic nitrogens is 6. The first-order valence-corrected chi connectivity index (χ1v) is 15.9. The lowest BCUT2D eigenvalue weighted by molar-refractivity contribution is 0.346. The van der Waals surface area contributed by atoms with Crippen LogP contribution in [0.4, 0.5) is 0 Å². The molecule has 0 saturated carbocycles. The number of nitrogens with one attached hydrogen (secondary N) is 2. The van der Waals surface area contributed by atoms with Crippen molar-refractivity contribution >= 4 is 0 Å². The average Bonchev–Trinajstić information content (AvgIpc) is 3.48. The van der Waals surface area contributed by atoms with Gasteiger partial charge in [0.05, 0.1) is 22.6 Å². The smallest absolute Gasteiger partial charge is 0.0631 e. The normalized spacial score (nSPS) is 12.0. The summed E-state index contributed by atoms with van der Waals surface area (Å²) in [6.07, 6.45) is 0. The molecule has 0 atom stereocenters. The van der Waals surface area contributed by atoms with Gasteiger partial charge in [-0.3, -0.25) is 14.9 Å². The van der Waals surface area contributed by atoms with Gasteiger partial charge >= 0.3 is 0 Å². The number of benzene rings is 1. The van der Waals surface area contributed by atoms with Crippen LogP contribution in [0.25, 0.3) is 0 Å². The second kappa shape index (κ2) is 14.8. The molecule has 4 rings (SSSR count). The van der Waals surface area contributed by atoms with Gasteiger partial charge < -0.3 is 0 Å². The van der Waals surface area contributed by atoms with E-state index < -0.39 is 0 Å². The van der Waals surface area contributed by atoms with Gasteiger partial charge in [-0.2, -0.15) is 15.3 Å². The third kappa shape index (κ3) is 11.4. The summed E-state index contributed by atoms with van der Waals surface area (Å²) in [4.78, 5) is 0. The fourth-order valence-corrected chi connectivity index (χ4v) is 6.03. The van der Waals surface area contributed by atoms with Gasteiger partial charge in [0.1, 0.15) is 0 Å². The molecule has 4 aromatic rings. The number of aryl methyl sites for hydroxylation is 7. The zero-order chi connectivity index (χ0) is 34.4. The molecule has 0 saturated heterocycles. The maximum absolute atomic E-state index is 4.40. The van der Waals surface area contributed by atoms with E-state index in [1.165, 1.54) is 39.3 Å². The van der Waals surface area contributed by atoms with E-state index >= 15 is 0 Å². The molecule has 2 N–H and O–H groups in total. The Bertz CT molecular complexity index is 1360. The molecule has 3 heterocycles. The maximum Gasteiger partial charge on any atom is 0.0631 e. The minimum absolute atomic E-state index is 0.109. The first-order chi connectivity index (χ1) is 19.8. The first-order valence-electron chi connectivity index (χ1n) is 15.9. The molecule has 44 heavy (non-hydrogen) atoms. The van der Waals surface area contributed by atoms with Crippen molar-refractivity contribution in [3.63, 3.8) is 0 Å². The number of nitrogens with zero attached hydrogens (tertiary/aromatic N) is 4. The molecule has 6 heteroatoms. The highest BCUT2D eigenvalue weighted by Crippen LogP contribution is 2.28.